The molecule has 0 amide bonds. The maximum Gasteiger partial charge on any atom is 0.250 e. The third-order valence-corrected chi connectivity index (χ3v) is 6.47. The number of benzene rings is 1. The largest absolute Gasteiger partial charge is 0.494 e. The average molecular weight is 450 g/mol. The van der Waals surface area contributed by atoms with Gasteiger partial charge >= 0.3 is 0 Å². The third kappa shape index (κ3) is 6.63. The van der Waals surface area contributed by atoms with Gasteiger partial charge in [-0.25, -0.2) is 0 Å². The summed E-state index contributed by atoms with van der Waals surface area (Å²) in [5.41, 5.74) is 2.22. The van der Waals surface area contributed by atoms with Crippen molar-refractivity contribution in [1.29, 1.82) is 0 Å². The fourth-order valence-corrected chi connectivity index (χ4v) is 4.30. The number of hydrogen-bond donors (Lipinski definition) is 0. The standard InChI is InChI=1S/C26H35N5O2/c1-28-13-15-30(16-14-28)17-18-31(21-22-8-10-27-11-9-22)12-3-19-33-24-5-6-25-23(20-24)4-7-26(32)29(25)2/h4-11,20H,3,12-19,21H2,1-2H3. The van der Waals surface area contributed by atoms with Crippen LogP contribution in [0, 0.1) is 0 Å². The van der Waals surface area contributed by atoms with Crippen LogP contribution in [-0.2, 0) is 13.6 Å². The molecule has 3 aromatic rings. The molecule has 1 aliphatic heterocycles. The first-order valence-electron chi connectivity index (χ1n) is 11.8. The number of likely N-dealkylation sites (N-methyl/N-ethyl adjacent to an activating group) is 1. The summed E-state index contributed by atoms with van der Waals surface area (Å²) >= 11 is 0. The number of hydrogen-bond acceptors (Lipinski definition) is 6. The van der Waals surface area contributed by atoms with Crippen molar-refractivity contribution < 1.29 is 4.74 Å². The van der Waals surface area contributed by atoms with Gasteiger partial charge in [-0.05, 0) is 55.4 Å². The van der Waals surface area contributed by atoms with Crippen molar-refractivity contribution in [2.75, 3.05) is 59.5 Å². The summed E-state index contributed by atoms with van der Waals surface area (Å²) < 4.78 is 7.71. The number of pyridine rings is 2. The van der Waals surface area contributed by atoms with E-state index in [0.29, 0.717) is 6.61 Å². The first-order valence-corrected chi connectivity index (χ1v) is 11.8. The molecule has 4 rings (SSSR count). The molecule has 0 bridgehead atoms. The van der Waals surface area contributed by atoms with Gasteiger partial charge in [0.25, 0.3) is 5.56 Å². The number of nitrogens with zero attached hydrogens (tertiary/aromatic N) is 5. The first-order chi connectivity index (χ1) is 16.1. The molecule has 0 aliphatic carbocycles. The normalized spacial score (nSPS) is 15.4. The van der Waals surface area contributed by atoms with Crippen LogP contribution in [0.4, 0.5) is 0 Å². The molecule has 0 atom stereocenters. The summed E-state index contributed by atoms with van der Waals surface area (Å²) in [5, 5.41) is 1.01. The van der Waals surface area contributed by atoms with Gasteiger partial charge in [0.2, 0.25) is 0 Å². The van der Waals surface area contributed by atoms with E-state index < -0.39 is 0 Å². The van der Waals surface area contributed by atoms with Gasteiger partial charge in [-0.15, -0.1) is 0 Å². The Hall–Kier alpha value is -2.74. The molecule has 1 fully saturated rings. The zero-order chi connectivity index (χ0) is 23.0. The van der Waals surface area contributed by atoms with Crippen LogP contribution in [0.5, 0.6) is 5.75 Å². The molecule has 2 aromatic heterocycles. The summed E-state index contributed by atoms with van der Waals surface area (Å²) in [7, 11) is 3.99. The SMILES string of the molecule is CN1CCN(CCN(CCCOc2ccc3c(ccc(=O)n3C)c2)Cc2ccncc2)CC1. The summed E-state index contributed by atoms with van der Waals surface area (Å²) in [6, 6.07) is 13.6. The van der Waals surface area contributed by atoms with Crippen LogP contribution in [0.3, 0.4) is 0 Å². The van der Waals surface area contributed by atoms with Gasteiger partial charge in [-0.3, -0.25) is 19.6 Å². The number of aryl methyl sites for hydroxylation is 1. The van der Waals surface area contributed by atoms with E-state index in [-0.39, 0.29) is 5.56 Å². The van der Waals surface area contributed by atoms with Crippen LogP contribution >= 0.6 is 0 Å². The zero-order valence-corrected chi connectivity index (χ0v) is 19.8. The van der Waals surface area contributed by atoms with Crippen LogP contribution in [0.2, 0.25) is 0 Å². The molecule has 7 nitrogen and oxygen atoms in total. The predicted molar refractivity (Wildman–Crippen MR) is 133 cm³/mol. The molecule has 0 spiro atoms. The average Bonchev–Trinajstić information content (AvgIpc) is 2.84. The number of aromatic nitrogens is 2. The van der Waals surface area contributed by atoms with Crippen molar-refractivity contribution in [1.82, 2.24) is 24.3 Å². The molecule has 0 N–H and O–H groups in total. The lowest BCUT2D eigenvalue weighted by atomic mass is 10.2. The maximum atomic E-state index is 11.8. The Bertz CT molecular complexity index is 1080. The van der Waals surface area contributed by atoms with Crippen LogP contribution in [0.15, 0.2) is 59.7 Å². The topological polar surface area (TPSA) is 53.8 Å². The Balaban J connectivity index is 1.29. The number of rotatable bonds is 10. The summed E-state index contributed by atoms with van der Waals surface area (Å²) in [6.07, 6.45) is 4.69. The smallest absolute Gasteiger partial charge is 0.250 e. The van der Waals surface area contributed by atoms with E-state index in [0.717, 1.165) is 75.4 Å². The van der Waals surface area contributed by atoms with Gasteiger partial charge in [-0.2, -0.15) is 0 Å². The van der Waals surface area contributed by atoms with E-state index in [9.17, 15) is 4.79 Å². The van der Waals surface area contributed by atoms with E-state index in [1.54, 1.807) is 17.7 Å². The van der Waals surface area contributed by atoms with Crippen LogP contribution in [0.1, 0.15) is 12.0 Å². The highest BCUT2D eigenvalue weighted by Gasteiger charge is 2.15. The summed E-state index contributed by atoms with van der Waals surface area (Å²) in [6.45, 7) is 9.33. The minimum Gasteiger partial charge on any atom is -0.494 e. The van der Waals surface area contributed by atoms with Gasteiger partial charge in [-0.1, -0.05) is 0 Å². The van der Waals surface area contributed by atoms with Crippen molar-refractivity contribution in [3.05, 3.63) is 70.8 Å². The molecular formula is C26H35N5O2. The molecular weight excluding hydrogens is 414 g/mol. The third-order valence-electron chi connectivity index (χ3n) is 6.47. The highest BCUT2D eigenvalue weighted by Crippen LogP contribution is 2.19. The highest BCUT2D eigenvalue weighted by atomic mass is 16.5. The van der Waals surface area contributed by atoms with Gasteiger partial charge < -0.3 is 14.2 Å². The Morgan fingerprint density at radius 3 is 2.55 bits per heavy atom. The van der Waals surface area contributed by atoms with Gasteiger partial charge in [0.1, 0.15) is 5.75 Å². The molecule has 1 aliphatic rings. The van der Waals surface area contributed by atoms with Crippen molar-refractivity contribution in [3.63, 3.8) is 0 Å². The minimum absolute atomic E-state index is 0.00188. The summed E-state index contributed by atoms with van der Waals surface area (Å²) in [5.74, 6) is 0.847. The lowest BCUT2D eigenvalue weighted by molar-refractivity contribution is 0.130. The Labute approximate surface area is 196 Å². The van der Waals surface area contributed by atoms with Crippen LogP contribution in [-0.4, -0.2) is 83.7 Å². The van der Waals surface area contributed by atoms with Gasteiger partial charge in [0.15, 0.2) is 0 Å². The van der Waals surface area contributed by atoms with Crippen molar-refractivity contribution in [2.24, 2.45) is 7.05 Å². The fraction of sp³-hybridized carbons (Fsp3) is 0.462. The lowest BCUT2D eigenvalue weighted by Crippen LogP contribution is -2.47. The molecule has 0 radical (unpaired) electrons. The second-order valence-electron chi connectivity index (χ2n) is 8.93. The molecule has 3 heterocycles. The second-order valence-corrected chi connectivity index (χ2v) is 8.93. The Morgan fingerprint density at radius 1 is 0.970 bits per heavy atom. The van der Waals surface area contributed by atoms with E-state index in [2.05, 4.69) is 38.9 Å². The van der Waals surface area contributed by atoms with Crippen molar-refractivity contribution >= 4 is 10.9 Å². The molecule has 0 saturated carbocycles. The second kappa shape index (κ2) is 11.4. The zero-order valence-electron chi connectivity index (χ0n) is 19.8. The quantitative estimate of drug-likeness (QED) is 0.443. The van der Waals surface area contributed by atoms with E-state index in [1.165, 1.54) is 5.56 Å². The van der Waals surface area contributed by atoms with Crippen molar-refractivity contribution in [3.8, 4) is 5.75 Å². The van der Waals surface area contributed by atoms with Gasteiger partial charge in [0, 0.05) is 83.3 Å². The highest BCUT2D eigenvalue weighted by molar-refractivity contribution is 5.80. The molecule has 7 heteroatoms. The van der Waals surface area contributed by atoms with Crippen molar-refractivity contribution in [2.45, 2.75) is 13.0 Å². The molecule has 0 unspecified atom stereocenters. The minimum atomic E-state index is 0.00188. The summed E-state index contributed by atoms with van der Waals surface area (Å²) in [4.78, 5) is 23.4. The molecule has 33 heavy (non-hydrogen) atoms. The molecule has 1 saturated heterocycles. The Kier molecular flexibility index (Phi) is 8.10. The fourth-order valence-electron chi connectivity index (χ4n) is 4.30. The van der Waals surface area contributed by atoms with Crippen LogP contribution < -0.4 is 10.3 Å². The molecule has 1 aromatic carbocycles. The first kappa shape index (κ1) is 23.4. The van der Waals surface area contributed by atoms with E-state index in [4.69, 9.17) is 4.74 Å². The Morgan fingerprint density at radius 2 is 1.76 bits per heavy atom. The number of piperazine rings is 1. The van der Waals surface area contributed by atoms with E-state index in [1.807, 2.05) is 36.7 Å². The molecule has 176 valence electrons. The van der Waals surface area contributed by atoms with Crippen LogP contribution in [0.25, 0.3) is 10.9 Å². The predicted octanol–water partition coefficient (Wildman–Crippen LogP) is 2.45. The monoisotopic (exact) mass is 449 g/mol. The lowest BCUT2D eigenvalue weighted by Gasteiger charge is -2.34. The maximum absolute atomic E-state index is 11.8. The number of fused-ring (bicyclic) bond motifs is 1. The van der Waals surface area contributed by atoms with E-state index >= 15 is 0 Å². The number of ether oxygens (including phenoxy) is 1. The van der Waals surface area contributed by atoms with Gasteiger partial charge in [0.05, 0.1) is 12.1 Å².